The van der Waals surface area contributed by atoms with Crippen molar-refractivity contribution in [2.75, 3.05) is 7.11 Å². The third kappa shape index (κ3) is 3.74. The molecule has 1 aromatic heterocycles. The number of benzene rings is 2. The summed E-state index contributed by atoms with van der Waals surface area (Å²) in [4.78, 5) is 24.0. The van der Waals surface area contributed by atoms with Gasteiger partial charge in [0.1, 0.15) is 6.54 Å². The summed E-state index contributed by atoms with van der Waals surface area (Å²) in [6, 6.07) is 15.1. The summed E-state index contributed by atoms with van der Waals surface area (Å²) in [5.41, 5.74) is 6.67. The molecule has 1 N–H and O–H groups in total. The van der Waals surface area contributed by atoms with E-state index in [0.717, 1.165) is 27.7 Å². The summed E-state index contributed by atoms with van der Waals surface area (Å²) in [6.07, 6.45) is 1.61. The van der Waals surface area contributed by atoms with Crippen molar-refractivity contribution in [1.82, 2.24) is 9.99 Å². The highest BCUT2D eigenvalue weighted by Gasteiger charge is 2.15. The molecule has 1 amide bonds. The van der Waals surface area contributed by atoms with E-state index in [-0.39, 0.29) is 18.4 Å². The number of hydrazone groups is 1. The number of aryl methyl sites for hydroxylation is 1. The molecule has 0 atom stereocenters. The maximum Gasteiger partial charge on any atom is 0.325 e. The Bertz CT molecular complexity index is 1030. The van der Waals surface area contributed by atoms with Crippen molar-refractivity contribution in [3.8, 4) is 0 Å². The van der Waals surface area contributed by atoms with Crippen LogP contribution < -0.4 is 5.43 Å². The highest BCUT2D eigenvalue weighted by Crippen LogP contribution is 2.24. The van der Waals surface area contributed by atoms with Crippen LogP contribution >= 0.6 is 0 Å². The van der Waals surface area contributed by atoms with E-state index >= 15 is 0 Å². The third-order valence-electron chi connectivity index (χ3n) is 4.54. The second-order valence-corrected chi connectivity index (χ2v) is 6.19. The zero-order chi connectivity index (χ0) is 19.4. The summed E-state index contributed by atoms with van der Waals surface area (Å²) in [5.74, 6) is -0.588. The highest BCUT2D eigenvalue weighted by atomic mass is 16.5. The van der Waals surface area contributed by atoms with E-state index in [1.54, 1.807) is 12.3 Å². The van der Waals surface area contributed by atoms with Crippen LogP contribution in [-0.2, 0) is 16.1 Å². The van der Waals surface area contributed by atoms with Crippen molar-refractivity contribution >= 4 is 29.0 Å². The molecule has 0 radical (unpaired) electrons. The number of methoxy groups -OCH3 is 1. The smallest absolute Gasteiger partial charge is 0.325 e. The molecule has 2 aromatic carbocycles. The minimum Gasteiger partial charge on any atom is -0.468 e. The molecule has 1 heterocycles. The van der Waals surface area contributed by atoms with E-state index in [4.69, 9.17) is 4.74 Å². The number of ether oxygens (including phenoxy) is 1. The fraction of sp³-hybridized carbons (Fsp3) is 0.190. The predicted octanol–water partition coefficient (Wildman–Crippen LogP) is 3.20. The topological polar surface area (TPSA) is 72.7 Å². The Balaban J connectivity index is 1.89. The van der Waals surface area contributed by atoms with Gasteiger partial charge in [0.25, 0.3) is 5.91 Å². The van der Waals surface area contributed by atoms with Crippen LogP contribution in [-0.4, -0.2) is 29.8 Å². The van der Waals surface area contributed by atoms with Gasteiger partial charge in [0, 0.05) is 27.7 Å². The van der Waals surface area contributed by atoms with Crippen LogP contribution in [0.25, 0.3) is 10.9 Å². The summed E-state index contributed by atoms with van der Waals surface area (Å²) in [5, 5.41) is 5.08. The number of para-hydroxylation sites is 1. The Labute approximate surface area is 157 Å². The van der Waals surface area contributed by atoms with Crippen LogP contribution in [0.2, 0.25) is 0 Å². The molecule has 0 fully saturated rings. The lowest BCUT2D eigenvalue weighted by Crippen LogP contribution is -2.18. The van der Waals surface area contributed by atoms with E-state index < -0.39 is 0 Å². The normalized spacial score (nSPS) is 11.1. The zero-order valence-corrected chi connectivity index (χ0v) is 15.5. The number of amides is 1. The lowest BCUT2D eigenvalue weighted by Gasteiger charge is -2.06. The first-order valence-corrected chi connectivity index (χ1v) is 8.56. The molecule has 27 heavy (non-hydrogen) atoms. The number of rotatable bonds is 5. The van der Waals surface area contributed by atoms with Crippen molar-refractivity contribution in [1.29, 1.82) is 0 Å². The van der Waals surface area contributed by atoms with E-state index in [0.29, 0.717) is 5.56 Å². The minimum atomic E-state index is -0.324. The van der Waals surface area contributed by atoms with Crippen LogP contribution in [0.4, 0.5) is 0 Å². The number of hydrogen-bond donors (Lipinski definition) is 1. The molecule has 0 saturated carbocycles. The van der Waals surface area contributed by atoms with Gasteiger partial charge in [-0.3, -0.25) is 9.59 Å². The van der Waals surface area contributed by atoms with Crippen LogP contribution in [0.15, 0.2) is 53.6 Å². The monoisotopic (exact) mass is 363 g/mol. The van der Waals surface area contributed by atoms with Crippen LogP contribution in [0, 0.1) is 13.8 Å². The lowest BCUT2D eigenvalue weighted by atomic mass is 10.1. The van der Waals surface area contributed by atoms with Crippen molar-refractivity contribution in [3.63, 3.8) is 0 Å². The van der Waals surface area contributed by atoms with Gasteiger partial charge in [-0.25, -0.2) is 5.43 Å². The molecular weight excluding hydrogens is 342 g/mol. The van der Waals surface area contributed by atoms with Crippen LogP contribution in [0.3, 0.4) is 0 Å². The second kappa shape index (κ2) is 7.86. The molecule has 3 aromatic rings. The van der Waals surface area contributed by atoms with Gasteiger partial charge in [-0.15, -0.1) is 0 Å². The number of carbonyl (C=O) groups is 2. The quantitative estimate of drug-likeness (QED) is 0.430. The Morgan fingerprint density at radius 1 is 1.11 bits per heavy atom. The molecule has 6 nitrogen and oxygen atoms in total. The van der Waals surface area contributed by atoms with Gasteiger partial charge in [-0.05, 0) is 31.5 Å². The molecule has 6 heteroatoms. The molecule has 0 saturated heterocycles. The Morgan fingerprint density at radius 2 is 1.81 bits per heavy atom. The summed E-state index contributed by atoms with van der Waals surface area (Å²) in [7, 11) is 1.37. The number of nitrogens with zero attached hydrogens (tertiary/aromatic N) is 2. The van der Waals surface area contributed by atoms with E-state index in [2.05, 4.69) is 10.5 Å². The van der Waals surface area contributed by atoms with E-state index in [1.165, 1.54) is 7.11 Å². The zero-order valence-electron chi connectivity index (χ0n) is 15.5. The molecule has 0 unspecified atom stereocenters. The summed E-state index contributed by atoms with van der Waals surface area (Å²) >= 11 is 0. The molecule has 0 aliphatic rings. The number of aromatic nitrogens is 1. The SMILES string of the molecule is COC(=O)Cn1c(C)c(/C=N/NC(=O)c2ccccc2C)c2ccccc21. The maximum absolute atomic E-state index is 12.3. The fourth-order valence-corrected chi connectivity index (χ4v) is 3.06. The van der Waals surface area contributed by atoms with Gasteiger partial charge in [-0.2, -0.15) is 5.10 Å². The predicted molar refractivity (Wildman–Crippen MR) is 105 cm³/mol. The number of fused-ring (bicyclic) bond motifs is 1. The second-order valence-electron chi connectivity index (χ2n) is 6.19. The van der Waals surface area contributed by atoms with Crippen LogP contribution in [0.5, 0.6) is 0 Å². The first kappa shape index (κ1) is 18.4. The fourth-order valence-electron chi connectivity index (χ4n) is 3.06. The van der Waals surface area contributed by atoms with Crippen molar-refractivity contribution in [3.05, 3.63) is 70.9 Å². The number of hydrogen-bond acceptors (Lipinski definition) is 4. The molecule has 0 spiro atoms. The van der Waals surface area contributed by atoms with Gasteiger partial charge in [0.2, 0.25) is 0 Å². The molecule has 138 valence electrons. The average molecular weight is 363 g/mol. The number of esters is 1. The maximum atomic E-state index is 12.3. The summed E-state index contributed by atoms with van der Waals surface area (Å²) < 4.78 is 6.67. The largest absolute Gasteiger partial charge is 0.468 e. The lowest BCUT2D eigenvalue weighted by molar-refractivity contribution is -0.141. The standard InChI is InChI=1S/C21H21N3O3/c1-14-8-4-5-9-16(14)21(26)23-22-12-18-15(2)24(13-20(25)27-3)19-11-7-6-10-17(18)19/h4-12H,13H2,1-3H3,(H,23,26)/b22-12+. The molecule has 0 bridgehead atoms. The average Bonchev–Trinajstić information content (AvgIpc) is 2.94. The third-order valence-corrected chi connectivity index (χ3v) is 4.54. The van der Waals surface area contributed by atoms with Crippen molar-refractivity contribution in [2.45, 2.75) is 20.4 Å². The highest BCUT2D eigenvalue weighted by molar-refractivity contribution is 6.02. The molecular formula is C21H21N3O3. The van der Waals surface area contributed by atoms with Gasteiger partial charge in [0.05, 0.1) is 13.3 Å². The summed E-state index contributed by atoms with van der Waals surface area (Å²) in [6.45, 7) is 3.91. The van der Waals surface area contributed by atoms with Gasteiger partial charge in [-0.1, -0.05) is 36.4 Å². The van der Waals surface area contributed by atoms with Gasteiger partial charge >= 0.3 is 5.97 Å². The van der Waals surface area contributed by atoms with E-state index in [9.17, 15) is 9.59 Å². The Kier molecular flexibility index (Phi) is 5.35. The molecule has 3 rings (SSSR count). The van der Waals surface area contributed by atoms with Crippen molar-refractivity contribution < 1.29 is 14.3 Å². The minimum absolute atomic E-state index is 0.117. The van der Waals surface area contributed by atoms with Gasteiger partial charge in [0.15, 0.2) is 0 Å². The van der Waals surface area contributed by atoms with Gasteiger partial charge < -0.3 is 9.30 Å². The number of nitrogens with one attached hydrogen (secondary N) is 1. The first-order chi connectivity index (χ1) is 13.0. The Morgan fingerprint density at radius 3 is 2.56 bits per heavy atom. The molecule has 0 aliphatic carbocycles. The van der Waals surface area contributed by atoms with Crippen LogP contribution in [0.1, 0.15) is 27.2 Å². The number of carbonyl (C=O) groups excluding carboxylic acids is 2. The Hall–Kier alpha value is -3.41. The first-order valence-electron chi connectivity index (χ1n) is 8.56. The molecule has 0 aliphatic heterocycles. The van der Waals surface area contributed by atoms with E-state index in [1.807, 2.05) is 60.9 Å². The van der Waals surface area contributed by atoms with Crippen molar-refractivity contribution in [2.24, 2.45) is 5.10 Å².